The lowest BCUT2D eigenvalue weighted by atomic mass is 9.89. The largest absolute Gasteiger partial charge is 0.492 e. The van der Waals surface area contributed by atoms with Crippen molar-refractivity contribution in [3.8, 4) is 5.75 Å². The van der Waals surface area contributed by atoms with Gasteiger partial charge in [-0.05, 0) is 68.1 Å². The van der Waals surface area contributed by atoms with E-state index in [-0.39, 0.29) is 5.56 Å². The van der Waals surface area contributed by atoms with Crippen LogP contribution in [-0.4, -0.2) is 46.8 Å². The van der Waals surface area contributed by atoms with Crippen molar-refractivity contribution < 1.29 is 14.6 Å². The van der Waals surface area contributed by atoms with Gasteiger partial charge in [-0.25, -0.2) is 4.79 Å². The van der Waals surface area contributed by atoms with Gasteiger partial charge in [-0.15, -0.1) is 0 Å². The summed E-state index contributed by atoms with van der Waals surface area (Å²) in [5, 5.41) is 10.5. The van der Waals surface area contributed by atoms with E-state index >= 15 is 0 Å². The number of fused-ring (bicyclic) bond motifs is 1. The Morgan fingerprint density at radius 2 is 1.88 bits per heavy atom. The lowest BCUT2D eigenvalue weighted by Crippen LogP contribution is -2.35. The van der Waals surface area contributed by atoms with Crippen molar-refractivity contribution in [3.63, 3.8) is 0 Å². The van der Waals surface area contributed by atoms with E-state index in [9.17, 15) is 4.79 Å². The topological polar surface area (TPSA) is 54.7 Å². The Hall–Kier alpha value is -2.79. The van der Waals surface area contributed by atoms with E-state index in [1.54, 1.807) is 18.2 Å². The van der Waals surface area contributed by atoms with Gasteiger partial charge in [0.05, 0.1) is 5.56 Å². The summed E-state index contributed by atoms with van der Waals surface area (Å²) in [4.78, 5) is 13.6. The van der Waals surface area contributed by atoms with Crippen LogP contribution in [0.25, 0.3) is 10.9 Å². The second-order valence-corrected chi connectivity index (χ2v) is 8.80. The van der Waals surface area contributed by atoms with E-state index in [1.807, 2.05) is 6.07 Å². The summed E-state index contributed by atoms with van der Waals surface area (Å²) in [6, 6.07) is 15.6. The highest BCUT2D eigenvalue weighted by molar-refractivity contribution is 5.88. The standard InChI is InChI=1S/C27H34N2O3/c1-2-3-6-14-29-20-25(24-10-4-5-11-26(24)29)21-12-15-28(16-13-21)17-18-32-23-9-7-8-22(19-23)27(30)31/h4-5,7-11,19-21H,2-3,6,12-18H2,1H3,(H,30,31). The number of carbonyl (C=O) groups is 1. The minimum Gasteiger partial charge on any atom is -0.492 e. The van der Waals surface area contributed by atoms with Crippen LogP contribution in [0.3, 0.4) is 0 Å². The molecule has 2 aromatic carbocycles. The third-order valence-corrected chi connectivity index (χ3v) is 6.61. The normalized spacial score (nSPS) is 15.3. The third-order valence-electron chi connectivity index (χ3n) is 6.61. The summed E-state index contributed by atoms with van der Waals surface area (Å²) in [7, 11) is 0. The molecule has 0 bridgehead atoms. The first kappa shape index (κ1) is 22.4. The van der Waals surface area contributed by atoms with Gasteiger partial charge in [-0.2, -0.15) is 0 Å². The van der Waals surface area contributed by atoms with Gasteiger partial charge in [0, 0.05) is 30.2 Å². The Labute approximate surface area is 190 Å². The molecular weight excluding hydrogens is 400 g/mol. The molecule has 32 heavy (non-hydrogen) atoms. The Balaban J connectivity index is 1.31. The molecule has 3 aromatic rings. The van der Waals surface area contributed by atoms with Crippen LogP contribution in [0.2, 0.25) is 0 Å². The van der Waals surface area contributed by atoms with Gasteiger partial charge in [-0.3, -0.25) is 4.90 Å². The zero-order chi connectivity index (χ0) is 22.3. The second-order valence-electron chi connectivity index (χ2n) is 8.80. The molecule has 170 valence electrons. The average molecular weight is 435 g/mol. The number of aromatic carboxylic acids is 1. The van der Waals surface area contributed by atoms with Gasteiger partial charge < -0.3 is 14.4 Å². The Morgan fingerprint density at radius 3 is 2.66 bits per heavy atom. The molecule has 0 saturated carbocycles. The smallest absolute Gasteiger partial charge is 0.335 e. The molecule has 2 heterocycles. The molecule has 1 aromatic heterocycles. The number of benzene rings is 2. The molecular formula is C27H34N2O3. The number of rotatable bonds is 10. The lowest BCUT2D eigenvalue weighted by Gasteiger charge is -2.31. The number of nitrogens with zero attached hydrogens (tertiary/aromatic N) is 2. The summed E-state index contributed by atoms with van der Waals surface area (Å²) in [5.41, 5.74) is 3.15. The van der Waals surface area contributed by atoms with E-state index in [0.717, 1.165) is 39.0 Å². The van der Waals surface area contributed by atoms with Crippen LogP contribution in [0.15, 0.2) is 54.7 Å². The zero-order valence-corrected chi connectivity index (χ0v) is 19.0. The maximum Gasteiger partial charge on any atom is 0.335 e. The van der Waals surface area contributed by atoms with Gasteiger partial charge in [0.2, 0.25) is 0 Å². The Kier molecular flexibility index (Phi) is 7.48. The molecule has 1 aliphatic rings. The highest BCUT2D eigenvalue weighted by atomic mass is 16.5. The fourth-order valence-corrected chi connectivity index (χ4v) is 4.80. The van der Waals surface area contributed by atoms with E-state index in [2.05, 4.69) is 46.9 Å². The van der Waals surface area contributed by atoms with Crippen LogP contribution >= 0.6 is 0 Å². The van der Waals surface area contributed by atoms with Crippen molar-refractivity contribution in [2.24, 2.45) is 0 Å². The van der Waals surface area contributed by atoms with Crippen molar-refractivity contribution in [2.75, 3.05) is 26.2 Å². The quantitative estimate of drug-likeness (QED) is 0.411. The molecule has 1 N–H and O–H groups in total. The Morgan fingerprint density at radius 1 is 1.06 bits per heavy atom. The van der Waals surface area contributed by atoms with Crippen molar-refractivity contribution >= 4 is 16.9 Å². The molecule has 0 aliphatic carbocycles. The molecule has 5 heteroatoms. The van der Waals surface area contributed by atoms with E-state index < -0.39 is 5.97 Å². The fraction of sp³-hybridized carbons (Fsp3) is 0.444. The first-order valence-corrected chi connectivity index (χ1v) is 11.9. The van der Waals surface area contributed by atoms with E-state index in [4.69, 9.17) is 9.84 Å². The molecule has 4 rings (SSSR count). The van der Waals surface area contributed by atoms with E-state index in [0.29, 0.717) is 18.3 Å². The molecule has 0 amide bonds. The van der Waals surface area contributed by atoms with Crippen molar-refractivity contribution in [2.45, 2.75) is 51.5 Å². The number of piperidine rings is 1. The van der Waals surface area contributed by atoms with Crippen LogP contribution in [0, 0.1) is 0 Å². The second kappa shape index (κ2) is 10.7. The molecule has 0 unspecified atom stereocenters. The highest BCUT2D eigenvalue weighted by Gasteiger charge is 2.23. The number of para-hydroxylation sites is 1. The summed E-state index contributed by atoms with van der Waals surface area (Å²) in [6.07, 6.45) is 8.51. The Bertz CT molecular complexity index is 1030. The summed E-state index contributed by atoms with van der Waals surface area (Å²) in [5.74, 6) is 0.302. The third kappa shape index (κ3) is 5.33. The first-order valence-electron chi connectivity index (χ1n) is 11.9. The maximum atomic E-state index is 11.1. The van der Waals surface area contributed by atoms with Gasteiger partial charge in [0.15, 0.2) is 0 Å². The molecule has 5 nitrogen and oxygen atoms in total. The van der Waals surface area contributed by atoms with Crippen molar-refractivity contribution in [3.05, 3.63) is 65.9 Å². The summed E-state index contributed by atoms with van der Waals surface area (Å²) < 4.78 is 8.27. The fourth-order valence-electron chi connectivity index (χ4n) is 4.80. The van der Waals surface area contributed by atoms with Crippen LogP contribution in [-0.2, 0) is 6.54 Å². The van der Waals surface area contributed by atoms with Crippen LogP contribution in [0.5, 0.6) is 5.75 Å². The molecule has 0 radical (unpaired) electrons. The lowest BCUT2D eigenvalue weighted by molar-refractivity contribution is 0.0696. The van der Waals surface area contributed by atoms with Crippen LogP contribution in [0.1, 0.15) is 60.9 Å². The number of hydrogen-bond donors (Lipinski definition) is 1. The zero-order valence-electron chi connectivity index (χ0n) is 19.0. The van der Waals surface area contributed by atoms with Gasteiger partial charge in [-0.1, -0.05) is 44.0 Å². The first-order chi connectivity index (χ1) is 15.7. The van der Waals surface area contributed by atoms with Crippen molar-refractivity contribution in [1.82, 2.24) is 9.47 Å². The number of carboxylic acid groups (broad SMARTS) is 1. The monoisotopic (exact) mass is 434 g/mol. The van der Waals surface area contributed by atoms with Gasteiger partial charge >= 0.3 is 5.97 Å². The minimum absolute atomic E-state index is 0.261. The van der Waals surface area contributed by atoms with Crippen LogP contribution < -0.4 is 4.74 Å². The maximum absolute atomic E-state index is 11.1. The summed E-state index contributed by atoms with van der Waals surface area (Å²) >= 11 is 0. The predicted octanol–water partition coefficient (Wildman–Crippen LogP) is 5.79. The molecule has 1 fully saturated rings. The van der Waals surface area contributed by atoms with Crippen molar-refractivity contribution in [1.29, 1.82) is 0 Å². The molecule has 1 aliphatic heterocycles. The molecule has 0 atom stereocenters. The number of aryl methyl sites for hydroxylation is 1. The predicted molar refractivity (Wildman–Crippen MR) is 129 cm³/mol. The number of ether oxygens (including phenoxy) is 1. The minimum atomic E-state index is -0.927. The number of aromatic nitrogens is 1. The average Bonchev–Trinajstić information content (AvgIpc) is 3.19. The van der Waals surface area contributed by atoms with Gasteiger partial charge in [0.25, 0.3) is 0 Å². The van der Waals surface area contributed by atoms with Crippen LogP contribution in [0.4, 0.5) is 0 Å². The summed E-state index contributed by atoms with van der Waals surface area (Å²) in [6.45, 7) is 6.93. The number of likely N-dealkylation sites (tertiary alicyclic amines) is 1. The molecule has 1 saturated heterocycles. The number of carboxylic acids is 1. The highest BCUT2D eigenvalue weighted by Crippen LogP contribution is 2.34. The number of hydrogen-bond acceptors (Lipinski definition) is 3. The number of unbranched alkanes of at least 4 members (excludes halogenated alkanes) is 2. The SMILES string of the molecule is CCCCCn1cc(C2CCN(CCOc3cccc(C(=O)O)c3)CC2)c2ccccc21. The van der Waals surface area contributed by atoms with E-state index in [1.165, 1.54) is 35.7 Å². The van der Waals surface area contributed by atoms with Gasteiger partial charge in [0.1, 0.15) is 12.4 Å². The molecule has 0 spiro atoms.